The van der Waals surface area contributed by atoms with Crippen molar-refractivity contribution in [1.82, 2.24) is 5.32 Å². The lowest BCUT2D eigenvalue weighted by molar-refractivity contribution is 0.0246. The third kappa shape index (κ3) is 4.06. The highest BCUT2D eigenvalue weighted by molar-refractivity contribution is 9.10. The largest absolute Gasteiger partial charge is 0.388 e. The average Bonchev–Trinajstić information content (AvgIpc) is 2.61. The third-order valence-electron chi connectivity index (χ3n) is 3.98. The fourth-order valence-corrected chi connectivity index (χ4v) is 3.38. The monoisotopic (exact) mass is 339 g/mol. The molecule has 2 N–H and O–H groups in total. The van der Waals surface area contributed by atoms with Gasteiger partial charge in [-0.3, -0.25) is 4.79 Å². The molecule has 0 heterocycles. The predicted molar refractivity (Wildman–Crippen MR) is 83.9 cm³/mol. The third-order valence-corrected chi connectivity index (χ3v) is 4.64. The number of nitrogens with one attached hydrogen (secondary N) is 1. The molecule has 3 nitrogen and oxygen atoms in total. The molecule has 1 aromatic carbocycles. The number of halogens is 1. The second-order valence-electron chi connectivity index (χ2n) is 5.80. The molecule has 0 bridgehead atoms. The van der Waals surface area contributed by atoms with E-state index in [1.807, 2.05) is 25.1 Å². The van der Waals surface area contributed by atoms with Gasteiger partial charge in [0.05, 0.1) is 11.2 Å². The molecule has 1 amide bonds. The fraction of sp³-hybridized carbons (Fsp3) is 0.562. The maximum absolute atomic E-state index is 12.2. The van der Waals surface area contributed by atoms with Gasteiger partial charge in [-0.25, -0.2) is 0 Å². The summed E-state index contributed by atoms with van der Waals surface area (Å²) in [5.74, 6) is -0.130. The minimum Gasteiger partial charge on any atom is -0.388 e. The molecule has 20 heavy (non-hydrogen) atoms. The van der Waals surface area contributed by atoms with Crippen LogP contribution in [0.4, 0.5) is 0 Å². The highest BCUT2D eigenvalue weighted by atomic mass is 79.9. The zero-order chi connectivity index (χ0) is 14.6. The van der Waals surface area contributed by atoms with Crippen molar-refractivity contribution in [3.8, 4) is 0 Å². The summed E-state index contributed by atoms with van der Waals surface area (Å²) in [5, 5.41) is 13.4. The standard InChI is InChI=1S/C16H22BrNO2/c1-12-6-7-13(14(17)10-12)15(19)18-11-16(20)8-4-2-3-5-9-16/h6-7,10,20H,2-5,8-9,11H2,1H3,(H,18,19). The van der Waals surface area contributed by atoms with E-state index in [0.717, 1.165) is 35.7 Å². The maximum atomic E-state index is 12.2. The van der Waals surface area contributed by atoms with Crippen LogP contribution in [0.2, 0.25) is 0 Å². The molecule has 0 saturated heterocycles. The van der Waals surface area contributed by atoms with E-state index in [1.54, 1.807) is 0 Å². The summed E-state index contributed by atoms with van der Waals surface area (Å²) in [7, 11) is 0. The number of carbonyl (C=O) groups is 1. The van der Waals surface area contributed by atoms with Crippen LogP contribution in [0.15, 0.2) is 22.7 Å². The number of carbonyl (C=O) groups excluding carboxylic acids is 1. The zero-order valence-corrected chi connectivity index (χ0v) is 13.5. The molecule has 1 aliphatic rings. The summed E-state index contributed by atoms with van der Waals surface area (Å²) in [5.41, 5.74) is 0.993. The molecule has 1 fully saturated rings. The minimum atomic E-state index is -0.733. The van der Waals surface area contributed by atoms with E-state index < -0.39 is 5.60 Å². The summed E-state index contributed by atoms with van der Waals surface area (Å²) >= 11 is 3.42. The molecule has 1 aromatic rings. The molecule has 1 aliphatic carbocycles. The van der Waals surface area contributed by atoms with Crippen LogP contribution >= 0.6 is 15.9 Å². The summed E-state index contributed by atoms with van der Waals surface area (Å²) < 4.78 is 0.794. The molecule has 4 heteroatoms. The lowest BCUT2D eigenvalue weighted by atomic mass is 9.94. The van der Waals surface area contributed by atoms with Crippen molar-refractivity contribution in [2.24, 2.45) is 0 Å². The summed E-state index contributed by atoms with van der Waals surface area (Å²) in [6.45, 7) is 2.33. The first-order valence-corrected chi connectivity index (χ1v) is 8.06. The zero-order valence-electron chi connectivity index (χ0n) is 11.9. The highest BCUT2D eigenvalue weighted by Crippen LogP contribution is 2.26. The molecule has 0 aromatic heterocycles. The molecule has 1 saturated carbocycles. The topological polar surface area (TPSA) is 49.3 Å². The summed E-state index contributed by atoms with van der Waals surface area (Å²) in [6, 6.07) is 5.65. The SMILES string of the molecule is Cc1ccc(C(=O)NCC2(O)CCCCCC2)c(Br)c1. The molecular weight excluding hydrogens is 318 g/mol. The van der Waals surface area contributed by atoms with Crippen molar-refractivity contribution < 1.29 is 9.90 Å². The second-order valence-corrected chi connectivity index (χ2v) is 6.66. The number of aryl methyl sites for hydroxylation is 1. The van der Waals surface area contributed by atoms with Crippen molar-refractivity contribution in [2.75, 3.05) is 6.54 Å². The second kappa shape index (κ2) is 6.72. The molecule has 0 atom stereocenters. The molecule has 2 rings (SSSR count). The van der Waals surface area contributed by atoms with Crippen molar-refractivity contribution in [3.63, 3.8) is 0 Å². The Bertz CT molecular complexity index is 479. The Kier molecular flexibility index (Phi) is 5.22. The Hall–Kier alpha value is -0.870. The summed E-state index contributed by atoms with van der Waals surface area (Å²) in [6.07, 6.45) is 6.01. The summed E-state index contributed by atoms with van der Waals surface area (Å²) in [4.78, 5) is 12.2. The Balaban J connectivity index is 1.97. The van der Waals surface area contributed by atoms with E-state index in [9.17, 15) is 9.90 Å². The molecule has 0 radical (unpaired) electrons. The van der Waals surface area contributed by atoms with E-state index >= 15 is 0 Å². The number of hydrogen-bond donors (Lipinski definition) is 2. The van der Waals surface area contributed by atoms with Crippen molar-refractivity contribution in [1.29, 1.82) is 0 Å². The molecule has 0 aliphatic heterocycles. The van der Waals surface area contributed by atoms with Crippen LogP contribution in [0, 0.1) is 6.92 Å². The van der Waals surface area contributed by atoms with Crippen LogP contribution in [-0.2, 0) is 0 Å². The Morgan fingerprint density at radius 1 is 1.30 bits per heavy atom. The predicted octanol–water partition coefficient (Wildman–Crippen LogP) is 3.57. The lowest BCUT2D eigenvalue weighted by Gasteiger charge is -2.26. The molecule has 0 unspecified atom stereocenters. The van der Waals surface area contributed by atoms with Gasteiger partial charge < -0.3 is 10.4 Å². The van der Waals surface area contributed by atoms with E-state index in [4.69, 9.17) is 0 Å². The van der Waals surface area contributed by atoms with E-state index in [-0.39, 0.29) is 5.91 Å². The van der Waals surface area contributed by atoms with Gasteiger partial charge in [-0.15, -0.1) is 0 Å². The van der Waals surface area contributed by atoms with Crippen LogP contribution in [-0.4, -0.2) is 23.2 Å². The molecule has 0 spiro atoms. The van der Waals surface area contributed by atoms with Crippen LogP contribution in [0.25, 0.3) is 0 Å². The van der Waals surface area contributed by atoms with Gasteiger partial charge in [0, 0.05) is 11.0 Å². The van der Waals surface area contributed by atoms with Gasteiger partial charge in [0.25, 0.3) is 5.91 Å². The first-order chi connectivity index (χ1) is 9.50. The smallest absolute Gasteiger partial charge is 0.252 e. The van der Waals surface area contributed by atoms with E-state index in [0.29, 0.717) is 12.1 Å². The van der Waals surface area contributed by atoms with E-state index in [1.165, 1.54) is 12.8 Å². The highest BCUT2D eigenvalue weighted by Gasteiger charge is 2.28. The molecule has 110 valence electrons. The van der Waals surface area contributed by atoms with Gasteiger partial charge >= 0.3 is 0 Å². The average molecular weight is 340 g/mol. The first kappa shape index (κ1) is 15.5. The van der Waals surface area contributed by atoms with Gasteiger partial charge in [0.2, 0.25) is 0 Å². The lowest BCUT2D eigenvalue weighted by Crippen LogP contribution is -2.42. The molecular formula is C16H22BrNO2. The normalized spacial score (nSPS) is 18.4. The van der Waals surface area contributed by atoms with Crippen LogP contribution in [0.1, 0.15) is 54.4 Å². The Morgan fingerprint density at radius 2 is 1.95 bits per heavy atom. The minimum absolute atomic E-state index is 0.130. The number of amides is 1. The first-order valence-electron chi connectivity index (χ1n) is 7.27. The number of aliphatic hydroxyl groups is 1. The quantitative estimate of drug-likeness (QED) is 0.827. The van der Waals surface area contributed by atoms with Crippen molar-refractivity contribution in [2.45, 2.75) is 51.0 Å². The maximum Gasteiger partial charge on any atom is 0.252 e. The van der Waals surface area contributed by atoms with Gasteiger partial charge in [-0.1, -0.05) is 31.7 Å². The Morgan fingerprint density at radius 3 is 2.55 bits per heavy atom. The van der Waals surface area contributed by atoms with Gasteiger partial charge in [-0.2, -0.15) is 0 Å². The number of hydrogen-bond acceptors (Lipinski definition) is 2. The van der Waals surface area contributed by atoms with Crippen LogP contribution in [0.3, 0.4) is 0 Å². The van der Waals surface area contributed by atoms with Gasteiger partial charge in [0.1, 0.15) is 0 Å². The van der Waals surface area contributed by atoms with E-state index in [2.05, 4.69) is 21.2 Å². The van der Waals surface area contributed by atoms with Crippen LogP contribution in [0.5, 0.6) is 0 Å². The van der Waals surface area contributed by atoms with Gasteiger partial charge in [0.15, 0.2) is 0 Å². The van der Waals surface area contributed by atoms with Crippen molar-refractivity contribution >= 4 is 21.8 Å². The van der Waals surface area contributed by atoms with Gasteiger partial charge in [-0.05, 0) is 53.4 Å². The van der Waals surface area contributed by atoms with Crippen molar-refractivity contribution in [3.05, 3.63) is 33.8 Å². The number of rotatable bonds is 3. The van der Waals surface area contributed by atoms with Crippen LogP contribution < -0.4 is 5.32 Å². The Labute approximate surface area is 128 Å². The fourth-order valence-electron chi connectivity index (χ4n) is 2.71. The number of benzene rings is 1.